The summed E-state index contributed by atoms with van der Waals surface area (Å²) in [6.45, 7) is 6.22. The Kier molecular flexibility index (Phi) is 8.77. The lowest BCUT2D eigenvalue weighted by molar-refractivity contribution is -0.141. The number of anilines is 3. The number of esters is 2. The van der Waals surface area contributed by atoms with Gasteiger partial charge in [0.05, 0.1) is 24.5 Å². The van der Waals surface area contributed by atoms with E-state index in [-0.39, 0.29) is 25.0 Å². The van der Waals surface area contributed by atoms with E-state index in [4.69, 9.17) is 9.47 Å². The molecule has 1 rings (SSSR count). The number of rotatable bonds is 9. The van der Waals surface area contributed by atoms with Crippen molar-refractivity contribution in [3.05, 3.63) is 18.2 Å². The fraction of sp³-hybridized carbons (Fsp3) is 0.444. The van der Waals surface area contributed by atoms with Gasteiger partial charge in [-0.25, -0.2) is 0 Å². The highest BCUT2D eigenvalue weighted by Crippen LogP contribution is 2.29. The molecule has 2 N–H and O–H groups in total. The van der Waals surface area contributed by atoms with Crippen molar-refractivity contribution >= 4 is 40.8 Å². The molecule has 0 saturated carbocycles. The summed E-state index contributed by atoms with van der Waals surface area (Å²) in [6.07, 6.45) is 0. The Morgan fingerprint density at radius 1 is 0.852 bits per heavy atom. The number of amides is 2. The first-order chi connectivity index (χ1) is 12.7. The molecule has 27 heavy (non-hydrogen) atoms. The molecule has 2 amide bonds. The van der Waals surface area contributed by atoms with E-state index in [1.165, 1.54) is 27.7 Å². The van der Waals surface area contributed by atoms with Crippen LogP contribution in [0.15, 0.2) is 18.2 Å². The number of carbonyl (C=O) groups excluding carboxylic acids is 4. The summed E-state index contributed by atoms with van der Waals surface area (Å²) in [5.41, 5.74) is 1.65. The molecule has 0 heterocycles. The van der Waals surface area contributed by atoms with Crippen LogP contribution in [0.25, 0.3) is 0 Å². The van der Waals surface area contributed by atoms with Crippen LogP contribution in [0, 0.1) is 0 Å². The molecule has 0 bridgehead atoms. The van der Waals surface area contributed by atoms with Gasteiger partial charge >= 0.3 is 11.9 Å². The van der Waals surface area contributed by atoms with E-state index in [2.05, 4.69) is 10.6 Å². The quantitative estimate of drug-likeness (QED) is 0.626. The van der Waals surface area contributed by atoms with Crippen molar-refractivity contribution in [1.29, 1.82) is 0 Å². The van der Waals surface area contributed by atoms with Crippen molar-refractivity contribution in [3.8, 4) is 0 Å². The van der Waals surface area contributed by atoms with Gasteiger partial charge in [0.15, 0.2) is 0 Å². The molecule has 0 spiro atoms. The molecule has 0 atom stereocenters. The predicted octanol–water partition coefficient (Wildman–Crippen LogP) is 1.54. The van der Waals surface area contributed by atoms with Gasteiger partial charge in [0.25, 0.3) is 0 Å². The van der Waals surface area contributed by atoms with Gasteiger partial charge in [0, 0.05) is 33.4 Å². The van der Waals surface area contributed by atoms with Crippen molar-refractivity contribution in [2.24, 2.45) is 0 Å². The molecule has 1 aromatic carbocycles. The van der Waals surface area contributed by atoms with Gasteiger partial charge in [-0.2, -0.15) is 0 Å². The van der Waals surface area contributed by atoms with Crippen molar-refractivity contribution in [2.75, 3.05) is 41.8 Å². The Morgan fingerprint density at radius 3 is 1.81 bits per heavy atom. The summed E-state index contributed by atoms with van der Waals surface area (Å²) in [6, 6.07) is 5.01. The van der Waals surface area contributed by atoms with Crippen LogP contribution in [-0.2, 0) is 28.7 Å². The van der Waals surface area contributed by atoms with Crippen molar-refractivity contribution in [2.45, 2.75) is 27.7 Å². The lowest BCUT2D eigenvalue weighted by atomic mass is 10.2. The zero-order chi connectivity index (χ0) is 20.4. The summed E-state index contributed by atoms with van der Waals surface area (Å²) in [5, 5.41) is 5.40. The molecular weight excluding hydrogens is 354 g/mol. The molecule has 0 radical (unpaired) electrons. The van der Waals surface area contributed by atoms with Crippen LogP contribution in [0.3, 0.4) is 0 Å². The Morgan fingerprint density at radius 2 is 1.37 bits per heavy atom. The maximum Gasteiger partial charge on any atom is 0.302 e. The van der Waals surface area contributed by atoms with E-state index in [1.807, 2.05) is 0 Å². The molecule has 0 unspecified atom stereocenters. The summed E-state index contributed by atoms with van der Waals surface area (Å²) in [4.78, 5) is 46.7. The molecule has 148 valence electrons. The molecule has 0 aliphatic carbocycles. The van der Waals surface area contributed by atoms with Crippen LogP contribution in [0.5, 0.6) is 0 Å². The summed E-state index contributed by atoms with van der Waals surface area (Å²) >= 11 is 0. The molecule has 0 aromatic heterocycles. The summed E-state index contributed by atoms with van der Waals surface area (Å²) < 4.78 is 9.98. The third-order valence-corrected chi connectivity index (χ3v) is 3.30. The second-order valence-corrected chi connectivity index (χ2v) is 5.76. The van der Waals surface area contributed by atoms with E-state index in [0.29, 0.717) is 30.2 Å². The minimum Gasteiger partial charge on any atom is -0.464 e. The predicted molar refractivity (Wildman–Crippen MR) is 101 cm³/mol. The average Bonchev–Trinajstić information content (AvgIpc) is 2.53. The molecule has 0 aliphatic heterocycles. The monoisotopic (exact) mass is 379 g/mol. The van der Waals surface area contributed by atoms with Crippen LogP contribution in [-0.4, -0.2) is 50.1 Å². The molecule has 0 fully saturated rings. The Hall–Kier alpha value is -3.10. The standard InChI is InChI=1S/C18H25N3O6/c1-12(22)19-16-5-6-17(20-13(2)23)18(11-16)21(7-9-26-14(3)24)8-10-27-15(4)25/h5-6,11H,7-10H2,1-4H3,(H,19,22)(H,20,23). The van der Waals surface area contributed by atoms with Gasteiger partial charge in [-0.1, -0.05) is 0 Å². The van der Waals surface area contributed by atoms with E-state index in [0.717, 1.165) is 0 Å². The Balaban J connectivity index is 3.13. The highest BCUT2D eigenvalue weighted by atomic mass is 16.5. The van der Waals surface area contributed by atoms with Gasteiger partial charge in [-0.05, 0) is 18.2 Å². The number of nitrogens with zero attached hydrogens (tertiary/aromatic N) is 1. The second kappa shape index (κ2) is 10.8. The lowest BCUT2D eigenvalue weighted by Gasteiger charge is -2.27. The fourth-order valence-electron chi connectivity index (χ4n) is 2.32. The molecule has 0 aliphatic rings. The van der Waals surface area contributed by atoms with Crippen LogP contribution < -0.4 is 15.5 Å². The highest BCUT2D eigenvalue weighted by molar-refractivity contribution is 5.95. The number of ether oxygens (including phenoxy) is 2. The second-order valence-electron chi connectivity index (χ2n) is 5.76. The Labute approximate surface area is 158 Å². The summed E-state index contributed by atoms with van der Waals surface area (Å²) in [5.74, 6) is -1.32. The number of hydrogen-bond donors (Lipinski definition) is 2. The van der Waals surface area contributed by atoms with Gasteiger partial charge in [-0.3, -0.25) is 19.2 Å². The first kappa shape index (κ1) is 21.9. The van der Waals surface area contributed by atoms with E-state index in [9.17, 15) is 19.2 Å². The molecule has 9 heteroatoms. The Bertz CT molecular complexity index is 684. The lowest BCUT2D eigenvalue weighted by Crippen LogP contribution is -2.32. The highest BCUT2D eigenvalue weighted by Gasteiger charge is 2.15. The van der Waals surface area contributed by atoms with Crippen LogP contribution >= 0.6 is 0 Å². The first-order valence-electron chi connectivity index (χ1n) is 8.40. The molecule has 1 aromatic rings. The zero-order valence-corrected chi connectivity index (χ0v) is 16.0. The normalized spacial score (nSPS) is 9.93. The largest absolute Gasteiger partial charge is 0.464 e. The minimum atomic E-state index is -0.413. The first-order valence-corrected chi connectivity index (χ1v) is 8.40. The zero-order valence-electron chi connectivity index (χ0n) is 16.0. The van der Waals surface area contributed by atoms with Crippen molar-refractivity contribution in [1.82, 2.24) is 0 Å². The van der Waals surface area contributed by atoms with Gasteiger partial charge < -0.3 is 25.0 Å². The van der Waals surface area contributed by atoms with Crippen LogP contribution in [0.2, 0.25) is 0 Å². The SMILES string of the molecule is CC(=O)Nc1ccc(NC(C)=O)c(N(CCOC(C)=O)CCOC(C)=O)c1. The fourth-order valence-corrected chi connectivity index (χ4v) is 2.32. The maximum absolute atomic E-state index is 11.5. The van der Waals surface area contributed by atoms with E-state index < -0.39 is 11.9 Å². The van der Waals surface area contributed by atoms with Crippen molar-refractivity contribution < 1.29 is 28.7 Å². The average molecular weight is 379 g/mol. The van der Waals surface area contributed by atoms with E-state index >= 15 is 0 Å². The number of hydrogen-bond acceptors (Lipinski definition) is 7. The van der Waals surface area contributed by atoms with Crippen molar-refractivity contribution in [3.63, 3.8) is 0 Å². The van der Waals surface area contributed by atoms with Crippen LogP contribution in [0.1, 0.15) is 27.7 Å². The third kappa shape index (κ3) is 8.70. The third-order valence-electron chi connectivity index (χ3n) is 3.30. The molecule has 9 nitrogen and oxygen atoms in total. The topological polar surface area (TPSA) is 114 Å². The minimum absolute atomic E-state index is 0.110. The summed E-state index contributed by atoms with van der Waals surface area (Å²) in [7, 11) is 0. The molecular formula is C18H25N3O6. The smallest absolute Gasteiger partial charge is 0.302 e. The van der Waals surface area contributed by atoms with Gasteiger partial charge in [0.1, 0.15) is 13.2 Å². The van der Waals surface area contributed by atoms with E-state index in [1.54, 1.807) is 23.1 Å². The van der Waals surface area contributed by atoms with Gasteiger partial charge in [-0.15, -0.1) is 0 Å². The number of benzene rings is 1. The number of carbonyl (C=O) groups is 4. The van der Waals surface area contributed by atoms with Crippen LogP contribution in [0.4, 0.5) is 17.1 Å². The van der Waals surface area contributed by atoms with Gasteiger partial charge in [0.2, 0.25) is 11.8 Å². The molecule has 0 saturated heterocycles. The maximum atomic E-state index is 11.5. The number of nitrogens with one attached hydrogen (secondary N) is 2.